The zero-order chi connectivity index (χ0) is 20.4. The summed E-state index contributed by atoms with van der Waals surface area (Å²) in [5, 5.41) is 1.72. The maximum absolute atomic E-state index is 13.0. The molecular formula is C22H22N2O3S2. The van der Waals surface area contributed by atoms with Crippen LogP contribution in [0.15, 0.2) is 76.3 Å². The second-order valence-electron chi connectivity index (χ2n) is 7.13. The molecule has 1 aromatic heterocycles. The van der Waals surface area contributed by atoms with Crippen molar-refractivity contribution in [1.29, 1.82) is 0 Å². The van der Waals surface area contributed by atoms with E-state index in [1.807, 2.05) is 36.4 Å². The molecule has 0 N–H and O–H groups in total. The normalized spacial score (nSPS) is 16.6. The van der Waals surface area contributed by atoms with E-state index in [0.29, 0.717) is 13.1 Å². The molecule has 1 atom stereocenters. The highest BCUT2D eigenvalue weighted by molar-refractivity contribution is 7.91. The molecule has 1 aliphatic rings. The Bertz CT molecular complexity index is 1100. The molecule has 150 valence electrons. The maximum Gasteiger partial charge on any atom is 0.252 e. The van der Waals surface area contributed by atoms with Gasteiger partial charge >= 0.3 is 0 Å². The number of carbonyl (C=O) groups excluding carboxylic acids is 1. The first-order chi connectivity index (χ1) is 14.0. The molecule has 0 unspecified atom stereocenters. The first-order valence-electron chi connectivity index (χ1n) is 9.37. The third-order valence-electron chi connectivity index (χ3n) is 5.27. The Kier molecular flexibility index (Phi) is 5.54. The van der Waals surface area contributed by atoms with Gasteiger partial charge in [-0.15, -0.1) is 11.3 Å². The number of likely N-dealkylation sites (N-methyl/N-ethyl adjacent to an activating group) is 1. The molecule has 5 nitrogen and oxygen atoms in total. The Labute approximate surface area is 175 Å². The lowest BCUT2D eigenvalue weighted by Gasteiger charge is -2.35. The first kappa shape index (κ1) is 19.8. The summed E-state index contributed by atoms with van der Waals surface area (Å²) < 4.78 is 26.7. The lowest BCUT2D eigenvalue weighted by atomic mass is 9.84. The summed E-state index contributed by atoms with van der Waals surface area (Å²) in [6, 6.07) is 21.5. The molecule has 0 spiro atoms. The van der Waals surface area contributed by atoms with E-state index in [4.69, 9.17) is 0 Å². The van der Waals surface area contributed by atoms with Crippen LogP contribution in [0.3, 0.4) is 0 Å². The van der Waals surface area contributed by atoms with Gasteiger partial charge in [0.2, 0.25) is 5.91 Å². The quantitative estimate of drug-likeness (QED) is 0.627. The van der Waals surface area contributed by atoms with Crippen LogP contribution in [0.5, 0.6) is 0 Å². The van der Waals surface area contributed by atoms with Crippen molar-refractivity contribution < 1.29 is 13.2 Å². The molecule has 2 aromatic carbocycles. The number of amides is 1. The van der Waals surface area contributed by atoms with Crippen molar-refractivity contribution in [1.82, 2.24) is 9.21 Å². The van der Waals surface area contributed by atoms with E-state index in [1.165, 1.54) is 12.6 Å². The van der Waals surface area contributed by atoms with Crippen molar-refractivity contribution in [2.45, 2.75) is 16.7 Å². The Morgan fingerprint density at radius 2 is 1.79 bits per heavy atom. The third kappa shape index (κ3) is 3.99. The second kappa shape index (κ2) is 8.10. The number of benzene rings is 2. The molecule has 0 bridgehead atoms. The molecule has 29 heavy (non-hydrogen) atoms. The van der Waals surface area contributed by atoms with Crippen LogP contribution < -0.4 is 0 Å². The maximum atomic E-state index is 13.0. The third-order valence-corrected chi connectivity index (χ3v) is 8.44. The van der Waals surface area contributed by atoms with Gasteiger partial charge in [-0.25, -0.2) is 8.42 Å². The summed E-state index contributed by atoms with van der Waals surface area (Å²) in [5.74, 6) is -0.118. The molecule has 0 fully saturated rings. The van der Waals surface area contributed by atoms with Crippen LogP contribution in [0, 0.1) is 0 Å². The Morgan fingerprint density at radius 1 is 1.07 bits per heavy atom. The van der Waals surface area contributed by atoms with E-state index in [9.17, 15) is 13.2 Å². The average molecular weight is 427 g/mol. The zero-order valence-electron chi connectivity index (χ0n) is 16.1. The molecular weight excluding hydrogens is 404 g/mol. The van der Waals surface area contributed by atoms with Crippen LogP contribution in [0.1, 0.15) is 22.6 Å². The summed E-state index contributed by atoms with van der Waals surface area (Å²) in [6.07, 6.45) is 0. The fraction of sp³-hybridized carbons (Fsp3) is 0.227. The van der Waals surface area contributed by atoms with Crippen molar-refractivity contribution in [2.75, 3.05) is 20.1 Å². The molecule has 3 aromatic rings. The SMILES string of the molecule is CN(CC(=O)N1Cc2ccccc2[C@@H](c2ccccc2)C1)S(=O)(=O)c1cccs1. The van der Waals surface area contributed by atoms with Crippen molar-refractivity contribution in [3.8, 4) is 0 Å². The lowest BCUT2D eigenvalue weighted by Crippen LogP contribution is -2.44. The lowest BCUT2D eigenvalue weighted by molar-refractivity contribution is -0.132. The zero-order valence-corrected chi connectivity index (χ0v) is 17.7. The van der Waals surface area contributed by atoms with E-state index in [-0.39, 0.29) is 22.6 Å². The minimum atomic E-state index is -3.65. The summed E-state index contributed by atoms with van der Waals surface area (Å²) in [6.45, 7) is 0.849. The number of rotatable bonds is 5. The number of thiophene rings is 1. The average Bonchev–Trinajstić information content (AvgIpc) is 3.29. The van der Waals surface area contributed by atoms with Crippen molar-refractivity contribution in [3.63, 3.8) is 0 Å². The standard InChI is InChI=1S/C22H22N2O3S2/c1-23(29(26,27)22-12-7-13-28-22)16-21(25)24-14-18-10-5-6-11-19(18)20(15-24)17-8-3-2-4-9-17/h2-13,20H,14-16H2,1H3/t20-/m1/s1. The molecule has 4 rings (SSSR count). The number of nitrogens with zero attached hydrogens (tertiary/aromatic N) is 2. The van der Waals surface area contributed by atoms with Gasteiger partial charge in [-0.2, -0.15) is 4.31 Å². The Hall–Kier alpha value is -2.48. The first-order valence-corrected chi connectivity index (χ1v) is 11.7. The molecule has 0 saturated carbocycles. The highest BCUT2D eigenvalue weighted by Gasteiger charge is 2.31. The van der Waals surface area contributed by atoms with Crippen LogP contribution >= 0.6 is 11.3 Å². The smallest absolute Gasteiger partial charge is 0.252 e. The van der Waals surface area contributed by atoms with Gasteiger partial charge in [0.1, 0.15) is 4.21 Å². The monoisotopic (exact) mass is 426 g/mol. The fourth-order valence-electron chi connectivity index (χ4n) is 3.71. The van der Waals surface area contributed by atoms with Crippen LogP contribution in [0.4, 0.5) is 0 Å². The molecule has 2 heterocycles. The molecule has 1 aliphatic heterocycles. The molecule has 1 amide bonds. The van der Waals surface area contributed by atoms with E-state index < -0.39 is 10.0 Å². The topological polar surface area (TPSA) is 57.7 Å². The van der Waals surface area contributed by atoms with E-state index in [2.05, 4.69) is 18.2 Å². The number of fused-ring (bicyclic) bond motifs is 1. The van der Waals surface area contributed by atoms with Crippen LogP contribution in [0.25, 0.3) is 0 Å². The van der Waals surface area contributed by atoms with Gasteiger partial charge in [0.15, 0.2) is 0 Å². The highest BCUT2D eigenvalue weighted by atomic mass is 32.2. The van der Waals surface area contributed by atoms with Gasteiger partial charge in [-0.1, -0.05) is 60.7 Å². The van der Waals surface area contributed by atoms with E-state index in [0.717, 1.165) is 26.8 Å². The summed E-state index contributed by atoms with van der Waals surface area (Å²) in [7, 11) is -2.19. The highest BCUT2D eigenvalue weighted by Crippen LogP contribution is 2.33. The minimum Gasteiger partial charge on any atom is -0.336 e. The number of hydrogen-bond donors (Lipinski definition) is 0. The Morgan fingerprint density at radius 3 is 2.52 bits per heavy atom. The summed E-state index contributed by atoms with van der Waals surface area (Å²) in [5.41, 5.74) is 3.48. The molecule has 0 radical (unpaired) electrons. The van der Waals surface area contributed by atoms with E-state index in [1.54, 1.807) is 22.4 Å². The number of carbonyl (C=O) groups is 1. The van der Waals surface area contributed by atoms with Crippen LogP contribution in [-0.2, 0) is 21.4 Å². The van der Waals surface area contributed by atoms with Gasteiger partial charge in [0.05, 0.1) is 6.54 Å². The van der Waals surface area contributed by atoms with Gasteiger partial charge in [0, 0.05) is 26.1 Å². The molecule has 7 heteroatoms. The van der Waals surface area contributed by atoms with Crippen LogP contribution in [0.2, 0.25) is 0 Å². The molecule has 0 aliphatic carbocycles. The largest absolute Gasteiger partial charge is 0.336 e. The number of hydrogen-bond acceptors (Lipinski definition) is 4. The Balaban J connectivity index is 1.57. The second-order valence-corrected chi connectivity index (χ2v) is 10.3. The van der Waals surface area contributed by atoms with Crippen molar-refractivity contribution in [3.05, 3.63) is 88.8 Å². The van der Waals surface area contributed by atoms with Gasteiger partial charge in [-0.3, -0.25) is 4.79 Å². The fourth-order valence-corrected chi connectivity index (χ4v) is 6.03. The van der Waals surface area contributed by atoms with Crippen LogP contribution in [-0.4, -0.2) is 43.7 Å². The predicted molar refractivity (Wildman–Crippen MR) is 114 cm³/mol. The summed E-state index contributed by atoms with van der Waals surface area (Å²) >= 11 is 1.15. The van der Waals surface area contributed by atoms with Crippen molar-refractivity contribution in [2.24, 2.45) is 0 Å². The van der Waals surface area contributed by atoms with Gasteiger partial charge < -0.3 is 4.90 Å². The molecule has 0 saturated heterocycles. The summed E-state index contributed by atoms with van der Waals surface area (Å²) in [4.78, 5) is 14.8. The van der Waals surface area contributed by atoms with E-state index >= 15 is 0 Å². The predicted octanol–water partition coefficient (Wildman–Crippen LogP) is 3.54. The minimum absolute atomic E-state index is 0.0734. The van der Waals surface area contributed by atoms with Gasteiger partial charge in [0.25, 0.3) is 10.0 Å². The van der Waals surface area contributed by atoms with Gasteiger partial charge in [-0.05, 0) is 28.1 Å². The van der Waals surface area contributed by atoms with Crippen molar-refractivity contribution >= 4 is 27.3 Å². The number of sulfonamides is 1.